The van der Waals surface area contributed by atoms with Crippen LogP contribution in [-0.2, 0) is 19.4 Å². The molecule has 0 spiro atoms. The summed E-state index contributed by atoms with van der Waals surface area (Å²) in [5, 5.41) is 3.06. The Morgan fingerprint density at radius 2 is 1.92 bits per heavy atom. The van der Waals surface area contributed by atoms with Crippen molar-refractivity contribution in [3.63, 3.8) is 0 Å². The maximum Gasteiger partial charge on any atom is 0.337 e. The van der Waals surface area contributed by atoms with Crippen LogP contribution in [0.3, 0.4) is 0 Å². The zero-order valence-corrected chi connectivity index (χ0v) is 14.9. The molecule has 1 aromatic carbocycles. The quantitative estimate of drug-likeness (QED) is 0.654. The highest BCUT2D eigenvalue weighted by atomic mass is 32.2. The summed E-state index contributed by atoms with van der Waals surface area (Å²) < 4.78 is 31.1. The standard InChI is InChI=1S/C18H23NO4S/c1-4-23-18(20)14(3)16-7-5-6-12-19-17(16)24(21,22)15-10-8-13(2)9-11-15/h8-11,19H,3-7,12H2,1-2H3. The van der Waals surface area contributed by atoms with Gasteiger partial charge in [-0.25, -0.2) is 13.2 Å². The molecule has 0 saturated heterocycles. The summed E-state index contributed by atoms with van der Waals surface area (Å²) in [6.45, 7) is 8.14. The minimum absolute atomic E-state index is 0.0712. The molecule has 1 N–H and O–H groups in total. The second-order valence-electron chi connectivity index (χ2n) is 5.71. The normalized spacial score (nSPS) is 15.4. The van der Waals surface area contributed by atoms with Crippen LogP contribution in [0.15, 0.2) is 51.9 Å². The number of esters is 1. The van der Waals surface area contributed by atoms with Gasteiger partial charge in [-0.3, -0.25) is 0 Å². The van der Waals surface area contributed by atoms with Crippen LogP contribution in [0.4, 0.5) is 0 Å². The molecule has 24 heavy (non-hydrogen) atoms. The van der Waals surface area contributed by atoms with E-state index < -0.39 is 15.8 Å². The minimum atomic E-state index is -3.74. The van der Waals surface area contributed by atoms with Gasteiger partial charge in [0.25, 0.3) is 0 Å². The highest BCUT2D eigenvalue weighted by molar-refractivity contribution is 7.95. The maximum absolute atomic E-state index is 13.0. The summed E-state index contributed by atoms with van der Waals surface area (Å²) in [4.78, 5) is 12.2. The van der Waals surface area contributed by atoms with Crippen LogP contribution < -0.4 is 5.32 Å². The van der Waals surface area contributed by atoms with Crippen molar-refractivity contribution in [1.29, 1.82) is 0 Å². The van der Waals surface area contributed by atoms with E-state index >= 15 is 0 Å². The van der Waals surface area contributed by atoms with E-state index in [1.807, 2.05) is 6.92 Å². The number of hydrogen-bond donors (Lipinski definition) is 1. The van der Waals surface area contributed by atoms with Crippen molar-refractivity contribution < 1.29 is 17.9 Å². The fourth-order valence-corrected chi connectivity index (χ4v) is 4.14. The molecule has 1 heterocycles. The smallest absolute Gasteiger partial charge is 0.337 e. The predicted molar refractivity (Wildman–Crippen MR) is 93.0 cm³/mol. The van der Waals surface area contributed by atoms with E-state index in [4.69, 9.17) is 4.74 Å². The summed E-state index contributed by atoms with van der Waals surface area (Å²) in [5.74, 6) is -0.576. The van der Waals surface area contributed by atoms with Crippen LogP contribution >= 0.6 is 0 Å². The maximum atomic E-state index is 13.0. The average molecular weight is 349 g/mol. The summed E-state index contributed by atoms with van der Waals surface area (Å²) in [7, 11) is -3.74. The topological polar surface area (TPSA) is 72.5 Å². The summed E-state index contributed by atoms with van der Waals surface area (Å²) in [6.07, 6.45) is 2.09. The number of aryl methyl sites for hydroxylation is 1. The van der Waals surface area contributed by atoms with Crippen LogP contribution in [0.1, 0.15) is 31.7 Å². The highest BCUT2D eigenvalue weighted by Crippen LogP contribution is 2.29. The molecular weight excluding hydrogens is 326 g/mol. The van der Waals surface area contributed by atoms with Gasteiger partial charge in [0.05, 0.1) is 17.1 Å². The van der Waals surface area contributed by atoms with Gasteiger partial charge in [0.2, 0.25) is 9.84 Å². The summed E-state index contributed by atoms with van der Waals surface area (Å²) in [5.41, 5.74) is 1.51. The Morgan fingerprint density at radius 3 is 2.54 bits per heavy atom. The lowest BCUT2D eigenvalue weighted by Gasteiger charge is -2.16. The first-order chi connectivity index (χ1) is 11.4. The van der Waals surface area contributed by atoms with Crippen molar-refractivity contribution in [2.75, 3.05) is 13.2 Å². The van der Waals surface area contributed by atoms with Gasteiger partial charge in [0, 0.05) is 12.1 Å². The number of benzene rings is 1. The van der Waals surface area contributed by atoms with Crippen LogP contribution in [0.25, 0.3) is 0 Å². The van der Waals surface area contributed by atoms with E-state index in [9.17, 15) is 13.2 Å². The first-order valence-corrected chi connectivity index (χ1v) is 9.51. The van der Waals surface area contributed by atoms with Gasteiger partial charge in [-0.1, -0.05) is 24.3 Å². The molecule has 130 valence electrons. The number of sulfone groups is 1. The third-order valence-corrected chi connectivity index (χ3v) is 5.72. The molecule has 0 aliphatic carbocycles. The number of carbonyl (C=O) groups excluding carboxylic acids is 1. The molecule has 0 aromatic heterocycles. The van der Waals surface area contributed by atoms with Crippen molar-refractivity contribution in [2.24, 2.45) is 0 Å². The van der Waals surface area contributed by atoms with Crippen LogP contribution in [0.2, 0.25) is 0 Å². The van der Waals surface area contributed by atoms with Crippen LogP contribution in [0.5, 0.6) is 0 Å². The lowest BCUT2D eigenvalue weighted by Crippen LogP contribution is -2.24. The largest absolute Gasteiger partial charge is 0.462 e. The number of rotatable bonds is 5. The van der Waals surface area contributed by atoms with Crippen molar-refractivity contribution in [2.45, 2.75) is 38.0 Å². The molecule has 0 radical (unpaired) electrons. The number of hydrogen-bond acceptors (Lipinski definition) is 5. The Morgan fingerprint density at radius 1 is 1.25 bits per heavy atom. The van der Waals surface area contributed by atoms with E-state index in [1.165, 1.54) is 0 Å². The van der Waals surface area contributed by atoms with Gasteiger partial charge >= 0.3 is 5.97 Å². The third-order valence-electron chi connectivity index (χ3n) is 3.90. The van der Waals surface area contributed by atoms with Crippen LogP contribution in [0, 0.1) is 6.92 Å². The fourth-order valence-electron chi connectivity index (χ4n) is 2.57. The summed E-state index contributed by atoms with van der Waals surface area (Å²) >= 11 is 0. The van der Waals surface area contributed by atoms with Gasteiger partial charge in [-0.05, 0) is 45.2 Å². The number of nitrogens with one attached hydrogen (secondary N) is 1. The van der Waals surface area contributed by atoms with Crippen LogP contribution in [-0.4, -0.2) is 27.5 Å². The van der Waals surface area contributed by atoms with Crippen molar-refractivity contribution in [1.82, 2.24) is 5.32 Å². The zero-order chi connectivity index (χ0) is 17.7. The van der Waals surface area contributed by atoms with Crippen molar-refractivity contribution >= 4 is 15.8 Å². The minimum Gasteiger partial charge on any atom is -0.462 e. The Balaban J connectivity index is 2.52. The zero-order valence-electron chi connectivity index (χ0n) is 14.1. The Kier molecular flexibility index (Phi) is 5.83. The van der Waals surface area contributed by atoms with E-state index in [2.05, 4.69) is 11.9 Å². The monoisotopic (exact) mass is 349 g/mol. The van der Waals surface area contributed by atoms with Crippen molar-refractivity contribution in [3.05, 3.63) is 52.6 Å². The van der Waals surface area contributed by atoms with Gasteiger partial charge in [0.15, 0.2) is 0 Å². The Labute approximate surface area is 143 Å². The van der Waals surface area contributed by atoms with Gasteiger partial charge in [-0.15, -0.1) is 0 Å². The fraction of sp³-hybridized carbons (Fsp3) is 0.389. The SMILES string of the molecule is C=C(C(=O)OCC)C1=C(S(=O)(=O)c2ccc(C)cc2)NCCCC1. The molecule has 2 rings (SSSR count). The lowest BCUT2D eigenvalue weighted by molar-refractivity contribution is -0.138. The Hall–Kier alpha value is -2.08. The first kappa shape index (κ1) is 18.3. The molecule has 1 aliphatic heterocycles. The molecule has 6 heteroatoms. The highest BCUT2D eigenvalue weighted by Gasteiger charge is 2.29. The Bertz CT molecular complexity index is 761. The van der Waals surface area contributed by atoms with E-state index in [0.29, 0.717) is 18.5 Å². The first-order valence-electron chi connectivity index (χ1n) is 8.03. The average Bonchev–Trinajstić information content (AvgIpc) is 2.81. The van der Waals surface area contributed by atoms with Gasteiger partial charge in [-0.2, -0.15) is 0 Å². The van der Waals surface area contributed by atoms with E-state index in [0.717, 1.165) is 18.4 Å². The third kappa shape index (κ3) is 3.87. The molecule has 0 amide bonds. The molecule has 0 atom stereocenters. The molecule has 0 unspecified atom stereocenters. The molecule has 0 bridgehead atoms. The second kappa shape index (κ2) is 7.66. The molecule has 1 aliphatic rings. The molecule has 5 nitrogen and oxygen atoms in total. The molecule has 0 saturated carbocycles. The number of ether oxygens (including phenoxy) is 1. The van der Waals surface area contributed by atoms with Crippen molar-refractivity contribution in [3.8, 4) is 0 Å². The predicted octanol–water partition coefficient (Wildman–Crippen LogP) is 2.87. The summed E-state index contributed by atoms with van der Waals surface area (Å²) in [6, 6.07) is 6.66. The van der Waals surface area contributed by atoms with Gasteiger partial charge < -0.3 is 10.1 Å². The molecular formula is C18H23NO4S. The van der Waals surface area contributed by atoms with E-state index in [1.54, 1.807) is 31.2 Å². The van der Waals surface area contributed by atoms with E-state index in [-0.39, 0.29) is 22.1 Å². The number of carbonyl (C=O) groups is 1. The van der Waals surface area contributed by atoms with Gasteiger partial charge in [0.1, 0.15) is 5.03 Å². The second-order valence-corrected chi connectivity index (χ2v) is 7.59. The molecule has 1 aromatic rings. The lowest BCUT2D eigenvalue weighted by atomic mass is 10.0. The molecule has 0 fully saturated rings.